The van der Waals surface area contributed by atoms with Crippen molar-refractivity contribution >= 4 is 50.7 Å². The van der Waals surface area contributed by atoms with E-state index in [1.54, 1.807) is 20.2 Å². The van der Waals surface area contributed by atoms with E-state index in [4.69, 9.17) is 23.2 Å². The van der Waals surface area contributed by atoms with Crippen LogP contribution in [0.5, 0.6) is 0 Å². The molecule has 0 aromatic heterocycles. The van der Waals surface area contributed by atoms with Crippen LogP contribution in [0.3, 0.4) is 0 Å². The van der Waals surface area contributed by atoms with Crippen molar-refractivity contribution in [3.8, 4) is 0 Å². The minimum Gasteiger partial charge on any atom is -0.345 e. The van der Waals surface area contributed by atoms with Crippen molar-refractivity contribution in [2.75, 3.05) is 32.5 Å². The summed E-state index contributed by atoms with van der Waals surface area (Å²) in [6.45, 7) is 0.872. The fourth-order valence-electron chi connectivity index (χ4n) is 3.30. The molecule has 0 radical (unpaired) electrons. The van der Waals surface area contributed by atoms with E-state index < -0.39 is 15.9 Å². The largest absolute Gasteiger partial charge is 0.345 e. The number of benzene rings is 2. The summed E-state index contributed by atoms with van der Waals surface area (Å²) in [5, 5.41) is 2.93. The fraction of sp³-hybridized carbons (Fsp3) is 0.333. The van der Waals surface area contributed by atoms with Gasteiger partial charge in [-0.25, -0.2) is 8.42 Å². The first-order valence-corrected chi connectivity index (χ1v) is 11.9. The second-order valence-corrected chi connectivity index (χ2v) is 10.2. The molecule has 10 heteroatoms. The summed E-state index contributed by atoms with van der Waals surface area (Å²) in [5.41, 5.74) is 0.830. The molecule has 1 heterocycles. The van der Waals surface area contributed by atoms with Gasteiger partial charge in [0.25, 0.3) is 11.8 Å². The van der Waals surface area contributed by atoms with E-state index in [1.807, 2.05) is 0 Å². The number of amides is 2. The molecule has 1 aliphatic rings. The Morgan fingerprint density at radius 2 is 1.65 bits per heavy atom. The van der Waals surface area contributed by atoms with Crippen LogP contribution in [0.1, 0.15) is 40.0 Å². The lowest BCUT2D eigenvalue weighted by Crippen LogP contribution is -2.35. The van der Waals surface area contributed by atoms with Crippen molar-refractivity contribution < 1.29 is 18.0 Å². The molecule has 1 N–H and O–H groups in total. The zero-order chi connectivity index (χ0) is 22.8. The summed E-state index contributed by atoms with van der Waals surface area (Å²) in [7, 11) is -0.563. The van der Waals surface area contributed by atoms with Crippen molar-refractivity contribution in [2.24, 2.45) is 0 Å². The molecule has 1 aliphatic heterocycles. The number of sulfonamides is 1. The van der Waals surface area contributed by atoms with E-state index in [0.29, 0.717) is 24.3 Å². The maximum Gasteiger partial charge on any atom is 0.255 e. The quantitative estimate of drug-likeness (QED) is 0.692. The SMILES string of the molecule is CN(C)C(=O)c1ccc(NC(=O)c2ccc(Cl)c(S(=O)(=O)N3CCCCC3)c2)cc1Cl. The number of carbonyl (C=O) groups excluding carboxylic acids is 2. The molecule has 31 heavy (non-hydrogen) atoms. The summed E-state index contributed by atoms with van der Waals surface area (Å²) in [5.74, 6) is -0.775. The summed E-state index contributed by atoms with van der Waals surface area (Å²) < 4.78 is 27.4. The van der Waals surface area contributed by atoms with Crippen LogP contribution in [0.15, 0.2) is 41.3 Å². The Kier molecular flexibility index (Phi) is 7.26. The van der Waals surface area contributed by atoms with Crippen molar-refractivity contribution in [3.63, 3.8) is 0 Å². The van der Waals surface area contributed by atoms with E-state index >= 15 is 0 Å². The maximum atomic E-state index is 13.0. The average molecular weight is 484 g/mol. The molecule has 0 atom stereocenters. The fourth-order valence-corrected chi connectivity index (χ4v) is 5.58. The molecule has 0 saturated carbocycles. The number of halogens is 2. The molecule has 7 nitrogen and oxygen atoms in total. The second kappa shape index (κ2) is 9.56. The molecular weight excluding hydrogens is 461 g/mol. The Morgan fingerprint density at radius 1 is 0.968 bits per heavy atom. The van der Waals surface area contributed by atoms with Crippen LogP contribution in [-0.4, -0.2) is 56.6 Å². The van der Waals surface area contributed by atoms with Gasteiger partial charge in [0.15, 0.2) is 0 Å². The maximum absolute atomic E-state index is 13.0. The molecule has 0 unspecified atom stereocenters. The van der Waals surface area contributed by atoms with Gasteiger partial charge in [-0.15, -0.1) is 0 Å². The lowest BCUT2D eigenvalue weighted by molar-refractivity contribution is 0.0827. The number of hydrogen-bond donors (Lipinski definition) is 1. The van der Waals surface area contributed by atoms with Gasteiger partial charge in [-0.05, 0) is 49.2 Å². The molecule has 1 fully saturated rings. The number of rotatable bonds is 5. The lowest BCUT2D eigenvalue weighted by atomic mass is 10.1. The normalized spacial score (nSPS) is 14.8. The van der Waals surface area contributed by atoms with Crippen LogP contribution in [0.2, 0.25) is 10.0 Å². The average Bonchev–Trinajstić information content (AvgIpc) is 2.74. The third-order valence-electron chi connectivity index (χ3n) is 4.99. The van der Waals surface area contributed by atoms with Gasteiger partial charge in [0.05, 0.1) is 15.6 Å². The Morgan fingerprint density at radius 3 is 2.26 bits per heavy atom. The topological polar surface area (TPSA) is 86.8 Å². The first-order valence-electron chi connectivity index (χ1n) is 9.73. The van der Waals surface area contributed by atoms with E-state index in [1.165, 1.54) is 39.5 Å². The minimum atomic E-state index is -3.79. The van der Waals surface area contributed by atoms with E-state index in [2.05, 4.69) is 5.32 Å². The van der Waals surface area contributed by atoms with Crippen LogP contribution in [0.25, 0.3) is 0 Å². The zero-order valence-electron chi connectivity index (χ0n) is 17.2. The molecule has 0 aliphatic carbocycles. The van der Waals surface area contributed by atoms with Gasteiger partial charge in [-0.2, -0.15) is 4.31 Å². The number of carbonyl (C=O) groups is 2. The second-order valence-electron chi connectivity index (χ2n) is 7.46. The first kappa shape index (κ1) is 23.5. The molecule has 0 bridgehead atoms. The predicted octanol–water partition coefficient (Wildman–Crippen LogP) is 4.12. The Bertz CT molecular complexity index is 1110. The van der Waals surface area contributed by atoms with Gasteiger partial charge in [0.2, 0.25) is 10.0 Å². The summed E-state index contributed by atoms with van der Waals surface area (Å²) >= 11 is 12.4. The summed E-state index contributed by atoms with van der Waals surface area (Å²) in [6, 6.07) is 8.69. The van der Waals surface area contributed by atoms with Crippen molar-refractivity contribution in [1.82, 2.24) is 9.21 Å². The van der Waals surface area contributed by atoms with Crippen molar-refractivity contribution in [3.05, 3.63) is 57.6 Å². The molecule has 2 aromatic rings. The monoisotopic (exact) mass is 483 g/mol. The number of hydrogen-bond acceptors (Lipinski definition) is 4. The number of anilines is 1. The molecule has 166 valence electrons. The van der Waals surface area contributed by atoms with Gasteiger partial charge >= 0.3 is 0 Å². The molecule has 1 saturated heterocycles. The smallest absolute Gasteiger partial charge is 0.255 e. The summed E-state index contributed by atoms with van der Waals surface area (Å²) in [4.78, 5) is 26.1. The minimum absolute atomic E-state index is 0.0664. The van der Waals surface area contributed by atoms with Gasteiger partial charge in [-0.1, -0.05) is 29.6 Å². The van der Waals surface area contributed by atoms with Crippen molar-refractivity contribution in [2.45, 2.75) is 24.2 Å². The van der Waals surface area contributed by atoms with Crippen LogP contribution in [-0.2, 0) is 10.0 Å². The number of piperidine rings is 1. The highest BCUT2D eigenvalue weighted by Gasteiger charge is 2.28. The highest BCUT2D eigenvalue weighted by molar-refractivity contribution is 7.89. The molecule has 3 rings (SSSR count). The van der Waals surface area contributed by atoms with Gasteiger partial charge < -0.3 is 10.2 Å². The summed E-state index contributed by atoms with van der Waals surface area (Å²) in [6.07, 6.45) is 2.58. The Hall–Kier alpha value is -2.13. The molecule has 2 amide bonds. The Balaban J connectivity index is 1.84. The number of nitrogens with one attached hydrogen (secondary N) is 1. The molecule has 0 spiro atoms. The first-order chi connectivity index (χ1) is 14.6. The van der Waals surface area contributed by atoms with Crippen LogP contribution < -0.4 is 5.32 Å². The van der Waals surface area contributed by atoms with Crippen LogP contribution >= 0.6 is 23.2 Å². The van der Waals surface area contributed by atoms with E-state index in [0.717, 1.165) is 19.3 Å². The van der Waals surface area contributed by atoms with E-state index in [9.17, 15) is 18.0 Å². The van der Waals surface area contributed by atoms with E-state index in [-0.39, 0.29) is 26.4 Å². The molecule has 2 aromatic carbocycles. The third-order valence-corrected chi connectivity index (χ3v) is 7.68. The highest BCUT2D eigenvalue weighted by Crippen LogP contribution is 2.28. The van der Waals surface area contributed by atoms with Crippen LogP contribution in [0, 0.1) is 0 Å². The van der Waals surface area contributed by atoms with Gasteiger partial charge in [0, 0.05) is 38.4 Å². The van der Waals surface area contributed by atoms with Gasteiger partial charge in [-0.3, -0.25) is 9.59 Å². The highest BCUT2D eigenvalue weighted by atomic mass is 35.5. The standard InChI is InChI=1S/C21H23Cl2N3O4S/c1-25(2)21(28)16-8-7-15(13-18(16)23)24-20(27)14-6-9-17(22)19(12-14)31(29,30)26-10-4-3-5-11-26/h6-9,12-13H,3-5,10-11H2,1-2H3,(H,24,27). The lowest BCUT2D eigenvalue weighted by Gasteiger charge is -2.26. The van der Waals surface area contributed by atoms with Crippen LogP contribution in [0.4, 0.5) is 5.69 Å². The predicted molar refractivity (Wildman–Crippen MR) is 121 cm³/mol. The third kappa shape index (κ3) is 5.20. The van der Waals surface area contributed by atoms with Gasteiger partial charge in [0.1, 0.15) is 4.90 Å². The van der Waals surface area contributed by atoms with Crippen molar-refractivity contribution in [1.29, 1.82) is 0 Å². The zero-order valence-corrected chi connectivity index (χ0v) is 19.5. The Labute approximate surface area is 192 Å². The molecular formula is C21H23Cl2N3O4S. The number of nitrogens with zero attached hydrogens (tertiary/aromatic N) is 2.